The van der Waals surface area contributed by atoms with E-state index in [9.17, 15) is 4.79 Å². The topological polar surface area (TPSA) is 57.3 Å². The molecule has 2 N–H and O–H groups in total. The zero-order valence-corrected chi connectivity index (χ0v) is 11.7. The molecule has 6 heteroatoms. The van der Waals surface area contributed by atoms with Crippen LogP contribution in [0.2, 0.25) is 0 Å². The summed E-state index contributed by atoms with van der Waals surface area (Å²) in [5.74, 6) is -0.0647. The van der Waals surface area contributed by atoms with Crippen molar-refractivity contribution in [2.75, 3.05) is 25.5 Å². The summed E-state index contributed by atoms with van der Waals surface area (Å²) in [7, 11) is 1.99. The first-order valence-electron chi connectivity index (χ1n) is 6.29. The Balaban J connectivity index is 1.92. The number of anilines is 1. The Hall–Kier alpha value is -0.980. The molecule has 2 rings (SSSR count). The molecule has 0 bridgehead atoms. The summed E-state index contributed by atoms with van der Waals surface area (Å²) in [6.45, 7) is 4.55. The average Bonchev–Trinajstić information content (AvgIpc) is 2.90. The molecule has 5 nitrogen and oxygen atoms in total. The molecule has 18 heavy (non-hydrogen) atoms. The van der Waals surface area contributed by atoms with Crippen molar-refractivity contribution in [2.45, 2.75) is 32.4 Å². The Morgan fingerprint density at radius 1 is 1.67 bits per heavy atom. The van der Waals surface area contributed by atoms with Gasteiger partial charge in [-0.15, -0.1) is 11.3 Å². The molecule has 2 heterocycles. The Bertz CT molecular complexity index is 407. The fraction of sp³-hybridized carbons (Fsp3) is 0.667. The first kappa shape index (κ1) is 13.5. The van der Waals surface area contributed by atoms with Crippen molar-refractivity contribution in [1.82, 2.24) is 15.2 Å². The van der Waals surface area contributed by atoms with Crippen molar-refractivity contribution < 1.29 is 4.79 Å². The maximum atomic E-state index is 10.9. The number of rotatable bonds is 5. The minimum atomic E-state index is -0.0647. The van der Waals surface area contributed by atoms with Crippen LogP contribution in [0, 0.1) is 0 Å². The SMILES string of the molecule is CNCC1CCCN1Cc1csc(NC(C)=O)n1. The number of likely N-dealkylation sites (tertiary alicyclic amines) is 1. The van der Waals surface area contributed by atoms with Crippen molar-refractivity contribution in [1.29, 1.82) is 0 Å². The molecule has 1 unspecified atom stereocenters. The van der Waals surface area contributed by atoms with Gasteiger partial charge in [-0.25, -0.2) is 4.98 Å². The van der Waals surface area contributed by atoms with Gasteiger partial charge in [-0.1, -0.05) is 0 Å². The molecule has 1 amide bonds. The highest BCUT2D eigenvalue weighted by atomic mass is 32.1. The van der Waals surface area contributed by atoms with E-state index < -0.39 is 0 Å². The standard InChI is InChI=1S/C12H20N4OS/c1-9(17)14-12-15-10(8-18-12)7-16-5-3-4-11(16)6-13-2/h8,11,13H,3-7H2,1-2H3,(H,14,15,17). The second-order valence-electron chi connectivity index (χ2n) is 4.65. The predicted octanol–water partition coefficient (Wildman–Crippen LogP) is 1.29. The first-order valence-corrected chi connectivity index (χ1v) is 7.17. The van der Waals surface area contributed by atoms with Gasteiger partial charge in [0.05, 0.1) is 5.69 Å². The van der Waals surface area contributed by atoms with Gasteiger partial charge in [-0.05, 0) is 26.4 Å². The van der Waals surface area contributed by atoms with E-state index in [1.54, 1.807) is 0 Å². The Labute approximate surface area is 112 Å². The summed E-state index contributed by atoms with van der Waals surface area (Å²) in [5, 5.41) is 8.69. The molecule has 0 saturated carbocycles. The lowest BCUT2D eigenvalue weighted by atomic mass is 10.2. The lowest BCUT2D eigenvalue weighted by Crippen LogP contribution is -2.36. The third-order valence-corrected chi connectivity index (χ3v) is 3.95. The lowest BCUT2D eigenvalue weighted by Gasteiger charge is -2.23. The maximum absolute atomic E-state index is 10.9. The molecule has 1 saturated heterocycles. The van der Waals surface area contributed by atoms with Gasteiger partial charge in [0.15, 0.2) is 5.13 Å². The monoisotopic (exact) mass is 268 g/mol. The van der Waals surface area contributed by atoms with Gasteiger partial charge in [0.2, 0.25) is 5.91 Å². The van der Waals surface area contributed by atoms with Gasteiger partial charge >= 0.3 is 0 Å². The van der Waals surface area contributed by atoms with E-state index in [4.69, 9.17) is 0 Å². The number of thiazole rings is 1. The van der Waals surface area contributed by atoms with Crippen LogP contribution in [0.5, 0.6) is 0 Å². The van der Waals surface area contributed by atoms with E-state index in [0.29, 0.717) is 11.2 Å². The van der Waals surface area contributed by atoms with Gasteiger partial charge in [0.1, 0.15) is 0 Å². The van der Waals surface area contributed by atoms with Gasteiger partial charge in [-0.2, -0.15) is 0 Å². The van der Waals surface area contributed by atoms with Crippen molar-refractivity contribution >= 4 is 22.4 Å². The zero-order chi connectivity index (χ0) is 13.0. The van der Waals surface area contributed by atoms with Gasteiger partial charge < -0.3 is 10.6 Å². The number of nitrogens with zero attached hydrogens (tertiary/aromatic N) is 2. The second-order valence-corrected chi connectivity index (χ2v) is 5.51. The third kappa shape index (κ3) is 3.51. The number of nitrogens with one attached hydrogen (secondary N) is 2. The minimum Gasteiger partial charge on any atom is -0.318 e. The number of hydrogen-bond acceptors (Lipinski definition) is 5. The smallest absolute Gasteiger partial charge is 0.223 e. The summed E-state index contributed by atoms with van der Waals surface area (Å²) in [4.78, 5) is 17.8. The number of carbonyl (C=O) groups excluding carboxylic acids is 1. The number of aromatic nitrogens is 1. The molecule has 1 fully saturated rings. The van der Waals surface area contributed by atoms with E-state index in [1.807, 2.05) is 12.4 Å². The molecule has 1 aliphatic heterocycles. The first-order chi connectivity index (χ1) is 8.69. The molecule has 1 aromatic heterocycles. The molecule has 1 aromatic rings. The minimum absolute atomic E-state index is 0.0647. The normalized spacial score (nSPS) is 20.2. The number of likely N-dealkylation sites (N-methyl/N-ethyl adjacent to an activating group) is 1. The molecule has 0 radical (unpaired) electrons. The van der Waals surface area contributed by atoms with Crippen LogP contribution < -0.4 is 10.6 Å². The summed E-state index contributed by atoms with van der Waals surface area (Å²) < 4.78 is 0. The third-order valence-electron chi connectivity index (χ3n) is 3.14. The van der Waals surface area contributed by atoms with Crippen molar-refractivity contribution in [3.63, 3.8) is 0 Å². The lowest BCUT2D eigenvalue weighted by molar-refractivity contribution is -0.114. The zero-order valence-electron chi connectivity index (χ0n) is 10.9. The van der Waals surface area contributed by atoms with Crippen LogP contribution in [0.3, 0.4) is 0 Å². The molecule has 1 atom stereocenters. The van der Waals surface area contributed by atoms with E-state index in [-0.39, 0.29) is 5.91 Å². The van der Waals surface area contributed by atoms with E-state index >= 15 is 0 Å². The fourth-order valence-corrected chi connectivity index (χ4v) is 3.11. The maximum Gasteiger partial charge on any atom is 0.223 e. The Morgan fingerprint density at radius 2 is 2.50 bits per heavy atom. The largest absolute Gasteiger partial charge is 0.318 e. The van der Waals surface area contributed by atoms with Gasteiger partial charge in [0, 0.05) is 31.4 Å². The van der Waals surface area contributed by atoms with Crippen LogP contribution in [0.4, 0.5) is 5.13 Å². The highest BCUT2D eigenvalue weighted by Crippen LogP contribution is 2.22. The van der Waals surface area contributed by atoms with E-state index in [1.165, 1.54) is 31.1 Å². The van der Waals surface area contributed by atoms with Crippen LogP contribution in [0.25, 0.3) is 0 Å². The molecule has 0 spiro atoms. The van der Waals surface area contributed by atoms with Crippen molar-refractivity contribution in [2.24, 2.45) is 0 Å². The summed E-state index contributed by atoms with van der Waals surface area (Å²) >= 11 is 1.49. The van der Waals surface area contributed by atoms with Crippen LogP contribution in [-0.4, -0.2) is 42.0 Å². The van der Waals surface area contributed by atoms with Crippen LogP contribution >= 0.6 is 11.3 Å². The summed E-state index contributed by atoms with van der Waals surface area (Å²) in [5.41, 5.74) is 1.05. The van der Waals surface area contributed by atoms with Crippen molar-refractivity contribution in [3.8, 4) is 0 Å². The Kier molecular flexibility index (Phi) is 4.68. The van der Waals surface area contributed by atoms with Crippen LogP contribution in [-0.2, 0) is 11.3 Å². The molecule has 0 aromatic carbocycles. The number of hydrogen-bond donors (Lipinski definition) is 2. The number of amides is 1. The molecule has 1 aliphatic rings. The molecule has 0 aliphatic carbocycles. The fourth-order valence-electron chi connectivity index (χ4n) is 2.37. The average molecular weight is 268 g/mol. The van der Waals surface area contributed by atoms with Crippen molar-refractivity contribution in [3.05, 3.63) is 11.1 Å². The van der Waals surface area contributed by atoms with Crippen LogP contribution in [0.15, 0.2) is 5.38 Å². The quantitative estimate of drug-likeness (QED) is 0.845. The Morgan fingerprint density at radius 3 is 3.22 bits per heavy atom. The molecule has 100 valence electrons. The van der Waals surface area contributed by atoms with E-state index in [0.717, 1.165) is 25.3 Å². The summed E-state index contributed by atoms with van der Waals surface area (Å²) in [6, 6.07) is 0.612. The number of carbonyl (C=O) groups is 1. The van der Waals surface area contributed by atoms with E-state index in [2.05, 4.69) is 20.5 Å². The summed E-state index contributed by atoms with van der Waals surface area (Å²) in [6.07, 6.45) is 2.51. The highest BCUT2D eigenvalue weighted by molar-refractivity contribution is 7.13. The van der Waals surface area contributed by atoms with Gasteiger partial charge in [-0.3, -0.25) is 9.69 Å². The second kappa shape index (κ2) is 6.26. The molecular formula is C12H20N4OS. The molecular weight excluding hydrogens is 248 g/mol. The predicted molar refractivity (Wildman–Crippen MR) is 73.8 cm³/mol. The van der Waals surface area contributed by atoms with Gasteiger partial charge in [0.25, 0.3) is 0 Å². The highest BCUT2D eigenvalue weighted by Gasteiger charge is 2.24. The van der Waals surface area contributed by atoms with Crippen LogP contribution in [0.1, 0.15) is 25.5 Å².